The van der Waals surface area contributed by atoms with Crippen molar-refractivity contribution in [3.8, 4) is 0 Å². The van der Waals surface area contributed by atoms with Gasteiger partial charge in [0.05, 0.1) is 11.6 Å². The molecular weight excluding hydrogens is 296 g/mol. The van der Waals surface area contributed by atoms with Gasteiger partial charge in [-0.15, -0.1) is 0 Å². The van der Waals surface area contributed by atoms with Crippen LogP contribution in [0.2, 0.25) is 0 Å². The first-order valence-corrected chi connectivity index (χ1v) is 8.95. The normalized spacial score (nSPS) is 21.8. The Morgan fingerprint density at radius 3 is 2.71 bits per heavy atom. The largest absolute Gasteiger partial charge is 0.456 e. The summed E-state index contributed by atoms with van der Waals surface area (Å²) in [5.74, 6) is 1.17. The predicted octanol–water partition coefficient (Wildman–Crippen LogP) is 5.49. The van der Waals surface area contributed by atoms with Crippen LogP contribution in [0.15, 0.2) is 47.0 Å². The molecule has 0 saturated heterocycles. The predicted molar refractivity (Wildman–Crippen MR) is 96.2 cm³/mol. The van der Waals surface area contributed by atoms with E-state index in [0.29, 0.717) is 0 Å². The maximum Gasteiger partial charge on any atom is 0.153 e. The Hall–Kier alpha value is -2.29. The van der Waals surface area contributed by atoms with E-state index in [4.69, 9.17) is 4.42 Å². The summed E-state index contributed by atoms with van der Waals surface area (Å²) in [5.41, 5.74) is 5.95. The van der Waals surface area contributed by atoms with Gasteiger partial charge < -0.3 is 9.32 Å². The number of pyridine rings is 1. The molecule has 0 radical (unpaired) electrons. The molecule has 3 aromatic rings. The van der Waals surface area contributed by atoms with Crippen LogP contribution in [0.5, 0.6) is 0 Å². The van der Waals surface area contributed by atoms with Crippen LogP contribution >= 0.6 is 0 Å². The number of furan rings is 1. The standard InChI is InChI=1S/C21H22N2O/c1-14-8-3-4-9-16(14)23-15(2)18-19-17(10-7-13-22-19)24-20(18)21(23)11-5-6-12-21/h3-4,7-10,13,15H,5-6,11-12H2,1-2H3. The molecule has 24 heavy (non-hydrogen) atoms. The lowest BCUT2D eigenvalue weighted by Crippen LogP contribution is -2.40. The summed E-state index contributed by atoms with van der Waals surface area (Å²) in [7, 11) is 0. The Bertz CT molecular complexity index is 920. The van der Waals surface area contributed by atoms with E-state index in [0.717, 1.165) is 11.1 Å². The zero-order valence-corrected chi connectivity index (χ0v) is 14.2. The van der Waals surface area contributed by atoms with E-state index in [9.17, 15) is 0 Å². The van der Waals surface area contributed by atoms with Crippen molar-refractivity contribution in [3.05, 3.63) is 59.5 Å². The van der Waals surface area contributed by atoms with Crippen LogP contribution in [0.4, 0.5) is 5.69 Å². The van der Waals surface area contributed by atoms with Gasteiger partial charge in [0.1, 0.15) is 11.3 Å². The zero-order valence-electron chi connectivity index (χ0n) is 14.2. The van der Waals surface area contributed by atoms with E-state index in [1.807, 2.05) is 18.3 Å². The third kappa shape index (κ3) is 1.65. The minimum absolute atomic E-state index is 0.00155. The molecule has 1 fully saturated rings. The minimum Gasteiger partial charge on any atom is -0.456 e. The summed E-state index contributed by atoms with van der Waals surface area (Å²) in [6.45, 7) is 4.52. The molecule has 3 heterocycles. The molecule has 1 atom stereocenters. The second-order valence-corrected chi connectivity index (χ2v) is 7.27. The highest BCUT2D eigenvalue weighted by Gasteiger charge is 2.54. The summed E-state index contributed by atoms with van der Waals surface area (Å²) in [5, 5.41) is 0. The van der Waals surface area contributed by atoms with Crippen LogP contribution in [0.25, 0.3) is 11.1 Å². The fraction of sp³-hybridized carbons (Fsp3) is 0.381. The number of anilines is 1. The lowest BCUT2D eigenvalue weighted by molar-refractivity contribution is 0.348. The van der Waals surface area contributed by atoms with Crippen molar-refractivity contribution < 1.29 is 4.42 Å². The van der Waals surface area contributed by atoms with Crippen LogP contribution in [-0.4, -0.2) is 4.98 Å². The number of nitrogens with zero attached hydrogens (tertiary/aromatic N) is 2. The molecule has 3 heteroatoms. The van der Waals surface area contributed by atoms with Crippen molar-refractivity contribution in [2.45, 2.75) is 51.1 Å². The summed E-state index contributed by atoms with van der Waals surface area (Å²) in [6.07, 6.45) is 6.73. The van der Waals surface area contributed by atoms with Crippen molar-refractivity contribution in [1.29, 1.82) is 0 Å². The van der Waals surface area contributed by atoms with Crippen LogP contribution < -0.4 is 4.90 Å². The van der Waals surface area contributed by atoms with Gasteiger partial charge in [0.15, 0.2) is 5.58 Å². The number of hydrogen-bond donors (Lipinski definition) is 0. The van der Waals surface area contributed by atoms with Gasteiger partial charge in [0.2, 0.25) is 0 Å². The molecule has 1 aromatic carbocycles. The molecule has 0 amide bonds. The van der Waals surface area contributed by atoms with Gasteiger partial charge in [-0.05, 0) is 50.5 Å². The first-order valence-electron chi connectivity index (χ1n) is 8.95. The number of para-hydroxylation sites is 1. The van der Waals surface area contributed by atoms with E-state index in [2.05, 4.69) is 48.0 Å². The average Bonchev–Trinajstić information content (AvgIpc) is 3.26. The Balaban J connectivity index is 1.79. The lowest BCUT2D eigenvalue weighted by atomic mass is 9.93. The fourth-order valence-electron chi connectivity index (χ4n) is 4.99. The first kappa shape index (κ1) is 14.1. The second-order valence-electron chi connectivity index (χ2n) is 7.27. The summed E-state index contributed by atoms with van der Waals surface area (Å²) in [4.78, 5) is 7.27. The SMILES string of the molecule is Cc1ccccc1N1C(C)c2c(oc3cccnc23)C12CCCC2. The number of rotatable bonds is 1. The van der Waals surface area contributed by atoms with Gasteiger partial charge in [0.25, 0.3) is 0 Å². The van der Waals surface area contributed by atoms with Crippen LogP contribution in [0.1, 0.15) is 55.5 Å². The lowest BCUT2D eigenvalue weighted by Gasteiger charge is -2.40. The highest BCUT2D eigenvalue weighted by molar-refractivity contribution is 5.82. The van der Waals surface area contributed by atoms with Gasteiger partial charge in [-0.2, -0.15) is 0 Å². The third-order valence-electron chi connectivity index (χ3n) is 5.98. The monoisotopic (exact) mass is 318 g/mol. The molecule has 1 aliphatic carbocycles. The van der Waals surface area contributed by atoms with E-state index >= 15 is 0 Å². The second kappa shape index (κ2) is 4.85. The summed E-state index contributed by atoms with van der Waals surface area (Å²) < 4.78 is 6.41. The fourth-order valence-corrected chi connectivity index (χ4v) is 4.99. The van der Waals surface area contributed by atoms with Gasteiger partial charge in [-0.1, -0.05) is 31.0 Å². The number of aryl methyl sites for hydroxylation is 1. The Labute approximate surface area is 142 Å². The molecule has 0 N–H and O–H groups in total. The molecule has 5 rings (SSSR count). The van der Waals surface area contributed by atoms with E-state index < -0.39 is 0 Å². The molecular formula is C21H22N2O. The third-order valence-corrected chi connectivity index (χ3v) is 5.98. The van der Waals surface area contributed by atoms with Crippen LogP contribution in [-0.2, 0) is 5.54 Å². The molecule has 0 bridgehead atoms. The van der Waals surface area contributed by atoms with Crippen molar-refractivity contribution >= 4 is 16.8 Å². The molecule has 1 spiro atoms. The molecule has 2 aliphatic rings. The van der Waals surface area contributed by atoms with E-state index in [1.165, 1.54) is 48.3 Å². The van der Waals surface area contributed by atoms with E-state index in [1.54, 1.807) is 0 Å². The summed E-state index contributed by atoms with van der Waals surface area (Å²) in [6, 6.07) is 13.0. The highest BCUT2D eigenvalue weighted by Crippen LogP contribution is 2.58. The first-order chi connectivity index (χ1) is 11.7. The van der Waals surface area contributed by atoms with Gasteiger partial charge in [-0.3, -0.25) is 4.98 Å². The molecule has 3 nitrogen and oxygen atoms in total. The number of fused-ring (bicyclic) bond motifs is 4. The van der Waals surface area contributed by atoms with Crippen molar-refractivity contribution in [3.63, 3.8) is 0 Å². The number of benzene rings is 1. The number of hydrogen-bond acceptors (Lipinski definition) is 3. The van der Waals surface area contributed by atoms with Crippen LogP contribution in [0, 0.1) is 6.92 Å². The smallest absolute Gasteiger partial charge is 0.153 e. The van der Waals surface area contributed by atoms with Gasteiger partial charge >= 0.3 is 0 Å². The highest BCUT2D eigenvalue weighted by atomic mass is 16.3. The quantitative estimate of drug-likeness (QED) is 0.594. The Morgan fingerprint density at radius 2 is 1.92 bits per heavy atom. The molecule has 1 saturated carbocycles. The van der Waals surface area contributed by atoms with Crippen molar-refractivity contribution in [2.24, 2.45) is 0 Å². The average molecular weight is 318 g/mol. The van der Waals surface area contributed by atoms with Crippen molar-refractivity contribution in [1.82, 2.24) is 4.98 Å². The summed E-state index contributed by atoms with van der Waals surface area (Å²) >= 11 is 0. The van der Waals surface area contributed by atoms with Crippen molar-refractivity contribution in [2.75, 3.05) is 4.90 Å². The van der Waals surface area contributed by atoms with Crippen LogP contribution in [0.3, 0.4) is 0 Å². The Kier molecular flexibility index (Phi) is 2.85. The minimum atomic E-state index is 0.00155. The zero-order chi connectivity index (χ0) is 16.3. The maximum absolute atomic E-state index is 6.41. The molecule has 122 valence electrons. The maximum atomic E-state index is 6.41. The van der Waals surface area contributed by atoms with Gasteiger partial charge in [-0.25, -0.2) is 0 Å². The molecule has 1 aliphatic heterocycles. The molecule has 2 aromatic heterocycles. The topological polar surface area (TPSA) is 29.3 Å². The van der Waals surface area contributed by atoms with Gasteiger partial charge in [0, 0.05) is 17.4 Å². The van der Waals surface area contributed by atoms with E-state index in [-0.39, 0.29) is 11.6 Å². The molecule has 1 unspecified atom stereocenters. The number of aromatic nitrogens is 1. The Morgan fingerprint density at radius 1 is 1.12 bits per heavy atom.